The van der Waals surface area contributed by atoms with Crippen molar-refractivity contribution in [2.75, 3.05) is 4.90 Å². The first-order chi connectivity index (χ1) is 21.4. The lowest BCUT2D eigenvalue weighted by Crippen LogP contribution is -2.32. The molecule has 1 aromatic heterocycles. The monoisotopic (exact) mass is 575 g/mol. The number of anilines is 3. The Bertz CT molecular complexity index is 2090. The fourth-order valence-electron chi connectivity index (χ4n) is 7.64. The van der Waals surface area contributed by atoms with E-state index < -0.39 is 7.12 Å². The van der Waals surface area contributed by atoms with Gasteiger partial charge in [-0.25, -0.2) is 0 Å². The first kappa shape index (κ1) is 27.0. The summed E-state index contributed by atoms with van der Waals surface area (Å²) in [7, 11) is -1.54. The molecule has 44 heavy (non-hydrogen) atoms. The van der Waals surface area contributed by atoms with Crippen LogP contribution in [-0.4, -0.2) is 17.2 Å². The Morgan fingerprint density at radius 2 is 1.57 bits per heavy atom. The molecular weight excluding hydrogens is 541 g/mol. The number of rotatable bonds is 5. The van der Waals surface area contributed by atoms with Gasteiger partial charge in [0.25, 0.3) is 0 Å². The maximum atomic E-state index is 10.2. The van der Waals surface area contributed by atoms with Crippen LogP contribution in [0.4, 0.5) is 17.1 Å². The zero-order valence-electron chi connectivity index (χ0n) is 24.9. The molecule has 3 aliphatic rings. The van der Waals surface area contributed by atoms with Crippen LogP contribution in [0.25, 0.3) is 33.6 Å². The fourth-order valence-corrected chi connectivity index (χ4v) is 7.64. The highest BCUT2D eigenvalue weighted by Crippen LogP contribution is 2.54. The van der Waals surface area contributed by atoms with E-state index in [1.54, 1.807) is 0 Å². The van der Waals surface area contributed by atoms with Crippen molar-refractivity contribution in [3.8, 4) is 11.1 Å². The molecule has 5 aromatic rings. The molecule has 1 heterocycles. The summed E-state index contributed by atoms with van der Waals surface area (Å²) in [6.45, 7) is 4.72. The molecule has 4 aromatic carbocycles. The Morgan fingerprint density at radius 1 is 0.818 bits per heavy atom. The minimum atomic E-state index is -1.54. The van der Waals surface area contributed by atoms with E-state index in [9.17, 15) is 10.0 Å². The van der Waals surface area contributed by atoms with Crippen LogP contribution in [0.5, 0.6) is 0 Å². The second kappa shape index (κ2) is 10.3. The average molecular weight is 576 g/mol. The number of benzene rings is 4. The summed E-state index contributed by atoms with van der Waals surface area (Å²) >= 11 is 0. The highest BCUT2D eigenvalue weighted by Gasteiger charge is 2.44. The minimum Gasteiger partial charge on any atom is -0.455 e. The van der Waals surface area contributed by atoms with Gasteiger partial charge >= 0.3 is 7.12 Å². The summed E-state index contributed by atoms with van der Waals surface area (Å²) in [6.07, 6.45) is 12.5. The van der Waals surface area contributed by atoms with Crippen molar-refractivity contribution < 1.29 is 14.5 Å². The highest BCUT2D eigenvalue weighted by molar-refractivity contribution is 6.63. The van der Waals surface area contributed by atoms with E-state index in [1.807, 2.05) is 6.07 Å². The van der Waals surface area contributed by atoms with Crippen LogP contribution in [0.2, 0.25) is 0 Å². The molecular formula is C39H34BNO3. The first-order valence-corrected chi connectivity index (χ1v) is 15.5. The molecule has 3 aliphatic carbocycles. The van der Waals surface area contributed by atoms with Gasteiger partial charge in [0.2, 0.25) is 0 Å². The second-order valence-electron chi connectivity index (χ2n) is 12.7. The third-order valence-electron chi connectivity index (χ3n) is 9.89. The van der Waals surface area contributed by atoms with E-state index in [-0.39, 0.29) is 5.41 Å². The van der Waals surface area contributed by atoms with Gasteiger partial charge < -0.3 is 19.4 Å². The van der Waals surface area contributed by atoms with E-state index in [0.29, 0.717) is 29.1 Å². The Hall–Kier alpha value is -4.58. The molecule has 2 N–H and O–H groups in total. The average Bonchev–Trinajstić information content (AvgIpc) is 3.55. The number of para-hydroxylation sites is 1. The van der Waals surface area contributed by atoms with E-state index in [0.717, 1.165) is 45.2 Å². The molecule has 0 spiro atoms. The third kappa shape index (κ3) is 4.15. The predicted octanol–water partition coefficient (Wildman–Crippen LogP) is 7.42. The quantitative estimate of drug-likeness (QED) is 0.214. The zero-order chi connectivity index (χ0) is 30.0. The number of fused-ring (bicyclic) bond motifs is 6. The van der Waals surface area contributed by atoms with Crippen LogP contribution in [0.15, 0.2) is 120 Å². The summed E-state index contributed by atoms with van der Waals surface area (Å²) in [5.41, 5.74) is 9.91. The number of hydrogen-bond donors (Lipinski definition) is 2. The molecule has 8 rings (SSSR count). The molecule has 216 valence electrons. The van der Waals surface area contributed by atoms with Crippen LogP contribution in [0.1, 0.15) is 43.7 Å². The summed E-state index contributed by atoms with van der Waals surface area (Å²) < 4.78 is 6.58. The normalized spacial score (nSPS) is 19.3. The fraction of sp³-hybridized carbons (Fsp3) is 0.179. The van der Waals surface area contributed by atoms with Gasteiger partial charge in [-0.1, -0.05) is 105 Å². The SMILES string of the molecule is CC1(C)c2cc(N(c3ccc(-c4ccccc4)cc3)c3cccc4c5c(oc34)=C(B(O)O)CCC=5)ccc2C2C=CC=CC21. The largest absolute Gasteiger partial charge is 0.488 e. The number of hydrogen-bond acceptors (Lipinski definition) is 4. The van der Waals surface area contributed by atoms with Gasteiger partial charge in [0.1, 0.15) is 5.42 Å². The number of furan rings is 1. The van der Waals surface area contributed by atoms with Crippen molar-refractivity contribution in [2.45, 2.75) is 38.0 Å². The van der Waals surface area contributed by atoms with Crippen LogP contribution >= 0.6 is 0 Å². The summed E-state index contributed by atoms with van der Waals surface area (Å²) in [5.74, 6) is 0.804. The maximum Gasteiger partial charge on any atom is 0.488 e. The lowest BCUT2D eigenvalue weighted by atomic mass is 9.74. The Kier molecular flexibility index (Phi) is 6.30. The molecule has 2 atom stereocenters. The Morgan fingerprint density at radius 3 is 2.36 bits per heavy atom. The summed E-state index contributed by atoms with van der Waals surface area (Å²) in [6, 6.07) is 32.3. The van der Waals surface area contributed by atoms with Crippen molar-refractivity contribution in [3.63, 3.8) is 0 Å². The Balaban J connectivity index is 1.35. The van der Waals surface area contributed by atoms with Gasteiger partial charge in [0, 0.05) is 33.4 Å². The lowest BCUT2D eigenvalue weighted by Gasteiger charge is -2.30. The molecule has 0 aliphatic heterocycles. The smallest absolute Gasteiger partial charge is 0.455 e. The first-order valence-electron chi connectivity index (χ1n) is 15.5. The maximum absolute atomic E-state index is 10.2. The van der Waals surface area contributed by atoms with Gasteiger partial charge in [-0.2, -0.15) is 0 Å². The van der Waals surface area contributed by atoms with Gasteiger partial charge in [-0.3, -0.25) is 0 Å². The van der Waals surface area contributed by atoms with Gasteiger partial charge in [0.05, 0.1) is 5.69 Å². The summed E-state index contributed by atoms with van der Waals surface area (Å²) in [5, 5.41) is 22.2. The van der Waals surface area contributed by atoms with Crippen molar-refractivity contribution >= 4 is 46.7 Å². The van der Waals surface area contributed by atoms with Crippen molar-refractivity contribution in [2.24, 2.45) is 5.92 Å². The van der Waals surface area contributed by atoms with Gasteiger partial charge in [0.15, 0.2) is 5.58 Å². The van der Waals surface area contributed by atoms with Crippen molar-refractivity contribution in [1.29, 1.82) is 0 Å². The number of nitrogens with zero attached hydrogens (tertiary/aromatic N) is 1. The molecule has 0 amide bonds. The lowest BCUT2D eigenvalue weighted by molar-refractivity contribution is 0.394. The molecule has 0 fully saturated rings. The minimum absolute atomic E-state index is 0.0219. The topological polar surface area (TPSA) is 56.8 Å². The zero-order valence-corrected chi connectivity index (χ0v) is 24.9. The van der Waals surface area contributed by atoms with Crippen LogP contribution in [-0.2, 0) is 5.41 Å². The number of allylic oxidation sites excluding steroid dienone is 4. The highest BCUT2D eigenvalue weighted by atomic mass is 16.4. The molecule has 0 saturated carbocycles. The second-order valence-corrected chi connectivity index (χ2v) is 12.7. The van der Waals surface area contributed by atoms with E-state index >= 15 is 0 Å². The van der Waals surface area contributed by atoms with Crippen LogP contribution in [0, 0.1) is 5.92 Å². The van der Waals surface area contributed by atoms with Gasteiger partial charge in [-0.05, 0) is 76.8 Å². The molecule has 4 nitrogen and oxygen atoms in total. The molecule has 0 saturated heterocycles. The van der Waals surface area contributed by atoms with Crippen LogP contribution < -0.4 is 15.5 Å². The molecule has 5 heteroatoms. The summed E-state index contributed by atoms with van der Waals surface area (Å²) in [4.78, 5) is 2.28. The van der Waals surface area contributed by atoms with E-state index in [4.69, 9.17) is 4.42 Å². The van der Waals surface area contributed by atoms with Crippen LogP contribution in [0.3, 0.4) is 0 Å². The molecule has 0 radical (unpaired) electrons. The van der Waals surface area contributed by atoms with Crippen molar-refractivity contribution in [1.82, 2.24) is 0 Å². The van der Waals surface area contributed by atoms with E-state index in [2.05, 4.69) is 134 Å². The Labute approximate surface area is 257 Å². The molecule has 2 unspecified atom stereocenters. The van der Waals surface area contributed by atoms with Crippen molar-refractivity contribution in [3.05, 3.63) is 137 Å². The standard InChI is InChI=1S/C39H34BNO3/c1-39(2)33-15-7-6-12-29(33)30-23-22-28(24-34(30)39)41(27-20-18-26(19-21-27)25-10-4-3-5-11-25)36-17-9-14-32-31-13-8-16-35(40(42)43)37(31)44-38(32)36/h3-7,9-15,17-24,29,33,42-43H,8,16H2,1-2H3. The predicted molar refractivity (Wildman–Crippen MR) is 180 cm³/mol. The van der Waals surface area contributed by atoms with Gasteiger partial charge in [-0.15, -0.1) is 0 Å². The van der Waals surface area contributed by atoms with E-state index in [1.165, 1.54) is 16.7 Å². The third-order valence-corrected chi connectivity index (χ3v) is 9.89. The molecule has 0 bridgehead atoms.